The maximum atomic E-state index is 6.20. The summed E-state index contributed by atoms with van der Waals surface area (Å²) in [6.07, 6.45) is 5.29. The first-order chi connectivity index (χ1) is 9.74. The highest BCUT2D eigenvalue weighted by atomic mass is 35.5. The number of nitrogens with two attached hydrogens (primary N) is 1. The predicted octanol–water partition coefficient (Wildman–Crippen LogP) is 3.23. The molecule has 3 rings (SSSR count). The predicted molar refractivity (Wildman–Crippen MR) is 80.4 cm³/mol. The lowest BCUT2D eigenvalue weighted by Crippen LogP contribution is -2.01. The minimum Gasteiger partial charge on any atom is -0.384 e. The Labute approximate surface area is 121 Å². The molecule has 0 saturated heterocycles. The van der Waals surface area contributed by atoms with Gasteiger partial charge in [0.2, 0.25) is 0 Å². The molecule has 0 radical (unpaired) electrons. The van der Waals surface area contributed by atoms with E-state index in [-0.39, 0.29) is 0 Å². The minimum absolute atomic E-state index is 0.494. The molecule has 2 N–H and O–H groups in total. The first-order valence-electron chi connectivity index (χ1n) is 6.19. The summed E-state index contributed by atoms with van der Waals surface area (Å²) in [5, 5.41) is 0.751. The van der Waals surface area contributed by atoms with Crippen molar-refractivity contribution in [1.82, 2.24) is 14.5 Å². The second kappa shape index (κ2) is 5.35. The molecular formula is C15H13ClN4. The van der Waals surface area contributed by atoms with Crippen LogP contribution in [0.15, 0.2) is 55.1 Å². The Kier molecular flexibility index (Phi) is 3.39. The Morgan fingerprint density at radius 2 is 2.05 bits per heavy atom. The molecule has 0 spiro atoms. The van der Waals surface area contributed by atoms with Crippen molar-refractivity contribution in [2.45, 2.75) is 6.54 Å². The van der Waals surface area contributed by atoms with Gasteiger partial charge in [-0.3, -0.25) is 0 Å². The van der Waals surface area contributed by atoms with E-state index in [4.69, 9.17) is 17.3 Å². The Hall–Kier alpha value is -2.33. The molecule has 0 aliphatic rings. The third-order valence-electron chi connectivity index (χ3n) is 3.09. The van der Waals surface area contributed by atoms with Crippen LogP contribution < -0.4 is 5.73 Å². The highest BCUT2D eigenvalue weighted by Gasteiger charge is 2.08. The second-order valence-corrected chi connectivity index (χ2v) is 4.87. The zero-order valence-corrected chi connectivity index (χ0v) is 11.5. The molecule has 0 aliphatic carbocycles. The van der Waals surface area contributed by atoms with E-state index in [0.717, 1.165) is 21.8 Å². The Balaban J connectivity index is 1.97. The average molecular weight is 285 g/mol. The highest BCUT2D eigenvalue weighted by Crippen LogP contribution is 2.23. The largest absolute Gasteiger partial charge is 0.384 e. The number of hydrogen-bond acceptors (Lipinski definition) is 3. The Morgan fingerprint density at radius 1 is 1.20 bits per heavy atom. The monoisotopic (exact) mass is 284 g/mol. The van der Waals surface area contributed by atoms with E-state index < -0.39 is 0 Å². The van der Waals surface area contributed by atoms with Crippen molar-refractivity contribution in [3.8, 4) is 11.3 Å². The Morgan fingerprint density at radius 3 is 2.85 bits per heavy atom. The molecular weight excluding hydrogens is 272 g/mol. The van der Waals surface area contributed by atoms with Gasteiger partial charge in [0.1, 0.15) is 5.82 Å². The summed E-state index contributed by atoms with van der Waals surface area (Å²) >= 11 is 6.20. The van der Waals surface area contributed by atoms with Gasteiger partial charge in [-0.05, 0) is 23.8 Å². The molecule has 0 fully saturated rings. The van der Waals surface area contributed by atoms with E-state index in [1.54, 1.807) is 12.5 Å². The van der Waals surface area contributed by atoms with E-state index in [2.05, 4.69) is 9.97 Å². The van der Waals surface area contributed by atoms with Crippen molar-refractivity contribution in [3.05, 3.63) is 65.7 Å². The third kappa shape index (κ3) is 2.51. The van der Waals surface area contributed by atoms with Gasteiger partial charge in [0, 0.05) is 16.8 Å². The van der Waals surface area contributed by atoms with Gasteiger partial charge in [0.15, 0.2) is 0 Å². The molecule has 4 nitrogen and oxygen atoms in total. The number of hydrogen-bond donors (Lipinski definition) is 1. The molecule has 3 aromatic rings. The molecule has 0 saturated carbocycles. The number of nitrogens with zero attached hydrogens (tertiary/aromatic N) is 3. The average Bonchev–Trinajstić information content (AvgIpc) is 2.90. The molecule has 0 amide bonds. The SMILES string of the molecule is Nc1cc(-c2cncn2Cc2ccccc2Cl)ccn1. The minimum atomic E-state index is 0.494. The van der Waals surface area contributed by atoms with Gasteiger partial charge in [-0.2, -0.15) is 0 Å². The van der Waals surface area contributed by atoms with Gasteiger partial charge in [-0.15, -0.1) is 0 Å². The first-order valence-corrected chi connectivity index (χ1v) is 6.57. The van der Waals surface area contributed by atoms with Crippen LogP contribution in [0, 0.1) is 0 Å². The fourth-order valence-electron chi connectivity index (χ4n) is 2.10. The molecule has 0 unspecified atom stereocenters. The van der Waals surface area contributed by atoms with E-state index in [1.165, 1.54) is 0 Å². The lowest BCUT2D eigenvalue weighted by atomic mass is 10.2. The summed E-state index contributed by atoms with van der Waals surface area (Å²) in [7, 11) is 0. The molecule has 2 aromatic heterocycles. The summed E-state index contributed by atoms with van der Waals surface area (Å²) in [6, 6.07) is 11.5. The number of aromatic nitrogens is 3. The first kappa shape index (κ1) is 12.7. The number of nitrogen functional groups attached to an aromatic ring is 1. The third-order valence-corrected chi connectivity index (χ3v) is 3.46. The zero-order valence-electron chi connectivity index (χ0n) is 10.7. The van der Waals surface area contributed by atoms with Crippen molar-refractivity contribution in [2.24, 2.45) is 0 Å². The van der Waals surface area contributed by atoms with Crippen LogP contribution in [0.3, 0.4) is 0 Å². The fourth-order valence-corrected chi connectivity index (χ4v) is 2.30. The molecule has 0 bridgehead atoms. The number of halogens is 1. The zero-order chi connectivity index (χ0) is 13.9. The summed E-state index contributed by atoms with van der Waals surface area (Å²) in [5.74, 6) is 0.494. The van der Waals surface area contributed by atoms with Crippen LogP contribution in [0.25, 0.3) is 11.3 Å². The number of pyridine rings is 1. The van der Waals surface area contributed by atoms with Gasteiger partial charge in [0.25, 0.3) is 0 Å². The van der Waals surface area contributed by atoms with Crippen molar-refractivity contribution in [3.63, 3.8) is 0 Å². The number of rotatable bonds is 3. The topological polar surface area (TPSA) is 56.7 Å². The summed E-state index contributed by atoms with van der Waals surface area (Å²) in [5.41, 5.74) is 8.75. The van der Waals surface area contributed by atoms with Gasteiger partial charge in [-0.25, -0.2) is 9.97 Å². The van der Waals surface area contributed by atoms with Crippen molar-refractivity contribution < 1.29 is 0 Å². The molecule has 2 heterocycles. The van der Waals surface area contributed by atoms with Gasteiger partial charge < -0.3 is 10.3 Å². The summed E-state index contributed by atoms with van der Waals surface area (Å²) < 4.78 is 2.04. The van der Waals surface area contributed by atoms with E-state index in [0.29, 0.717) is 12.4 Å². The highest BCUT2D eigenvalue weighted by molar-refractivity contribution is 6.31. The van der Waals surface area contributed by atoms with Crippen LogP contribution in [0.2, 0.25) is 5.02 Å². The molecule has 5 heteroatoms. The quantitative estimate of drug-likeness (QED) is 0.803. The maximum absolute atomic E-state index is 6.20. The number of benzene rings is 1. The van der Waals surface area contributed by atoms with Gasteiger partial charge in [0.05, 0.1) is 24.8 Å². The van der Waals surface area contributed by atoms with Crippen LogP contribution in [-0.2, 0) is 6.54 Å². The summed E-state index contributed by atoms with van der Waals surface area (Å²) in [4.78, 5) is 8.22. The number of anilines is 1. The molecule has 1 aromatic carbocycles. The molecule has 0 atom stereocenters. The van der Waals surface area contributed by atoms with E-state index in [1.807, 2.05) is 47.2 Å². The van der Waals surface area contributed by atoms with Crippen LogP contribution in [-0.4, -0.2) is 14.5 Å². The van der Waals surface area contributed by atoms with Crippen molar-refractivity contribution in [1.29, 1.82) is 0 Å². The van der Waals surface area contributed by atoms with Gasteiger partial charge >= 0.3 is 0 Å². The van der Waals surface area contributed by atoms with E-state index in [9.17, 15) is 0 Å². The second-order valence-electron chi connectivity index (χ2n) is 4.47. The maximum Gasteiger partial charge on any atom is 0.123 e. The van der Waals surface area contributed by atoms with Crippen LogP contribution in [0.1, 0.15) is 5.56 Å². The molecule has 0 aliphatic heterocycles. The van der Waals surface area contributed by atoms with Crippen LogP contribution in [0.5, 0.6) is 0 Å². The smallest absolute Gasteiger partial charge is 0.123 e. The number of imidazole rings is 1. The molecule has 20 heavy (non-hydrogen) atoms. The Bertz CT molecular complexity index is 736. The van der Waals surface area contributed by atoms with Gasteiger partial charge in [-0.1, -0.05) is 29.8 Å². The summed E-state index contributed by atoms with van der Waals surface area (Å²) in [6.45, 7) is 0.664. The normalized spacial score (nSPS) is 10.7. The van der Waals surface area contributed by atoms with Crippen LogP contribution >= 0.6 is 11.6 Å². The fraction of sp³-hybridized carbons (Fsp3) is 0.0667. The van der Waals surface area contributed by atoms with E-state index >= 15 is 0 Å². The van der Waals surface area contributed by atoms with Crippen molar-refractivity contribution in [2.75, 3.05) is 5.73 Å². The lowest BCUT2D eigenvalue weighted by molar-refractivity contribution is 0.805. The van der Waals surface area contributed by atoms with Crippen LogP contribution in [0.4, 0.5) is 5.82 Å². The molecule has 100 valence electrons. The lowest BCUT2D eigenvalue weighted by Gasteiger charge is -2.10. The van der Waals surface area contributed by atoms with Crippen molar-refractivity contribution >= 4 is 17.4 Å². The standard InChI is InChI=1S/C15H13ClN4/c16-13-4-2-1-3-12(13)9-20-10-18-8-14(20)11-5-6-19-15(17)7-11/h1-8,10H,9H2,(H2,17,19).